The van der Waals surface area contributed by atoms with Gasteiger partial charge >= 0.3 is 0 Å². The van der Waals surface area contributed by atoms with E-state index >= 15 is 0 Å². The number of hydrogen-bond donors (Lipinski definition) is 0. The fraction of sp³-hybridized carbons (Fsp3) is 1.00. The van der Waals surface area contributed by atoms with Crippen LogP contribution in [0.3, 0.4) is 0 Å². The van der Waals surface area contributed by atoms with Gasteiger partial charge in [0, 0.05) is 0 Å². The van der Waals surface area contributed by atoms with Gasteiger partial charge in [-0.1, -0.05) is 12.8 Å². The van der Waals surface area contributed by atoms with Crippen molar-refractivity contribution in [2.75, 3.05) is 0 Å². The van der Waals surface area contributed by atoms with Gasteiger partial charge in [-0.2, -0.15) is 0 Å². The Labute approximate surface area is 68.2 Å². The van der Waals surface area contributed by atoms with Gasteiger partial charge in [-0.25, -0.2) is 4.39 Å². The molecule has 2 saturated carbocycles. The Morgan fingerprint density at radius 3 is 2.00 bits per heavy atom. The molecular weight excluding hydrogens is 139 g/mol. The van der Waals surface area contributed by atoms with Gasteiger partial charge < -0.3 is 0 Å². The second-order valence-electron chi connectivity index (χ2n) is 4.38. The van der Waals surface area contributed by atoms with Crippen molar-refractivity contribution in [2.24, 2.45) is 5.41 Å². The Balaban J connectivity index is 1.94. The van der Waals surface area contributed by atoms with Crippen LogP contribution in [-0.2, 0) is 0 Å². The predicted octanol–water partition coefficient (Wildman–Crippen LogP) is 3.46. The zero-order valence-corrected chi connectivity index (χ0v) is 7.11. The molecule has 64 valence electrons. The molecular formula is C10H17F. The first-order valence-corrected chi connectivity index (χ1v) is 4.95. The van der Waals surface area contributed by atoms with E-state index in [4.69, 9.17) is 0 Å². The zero-order valence-electron chi connectivity index (χ0n) is 7.11. The van der Waals surface area contributed by atoms with E-state index in [1.54, 1.807) is 0 Å². The standard InChI is InChI=1S/C10H17F/c11-9-3-7-10(8-4-9)5-1-2-6-10/h9H,1-8H2. The van der Waals surface area contributed by atoms with Crippen molar-refractivity contribution in [3.63, 3.8) is 0 Å². The third-order valence-electron chi connectivity index (χ3n) is 3.64. The summed E-state index contributed by atoms with van der Waals surface area (Å²) in [4.78, 5) is 0. The first-order chi connectivity index (χ1) is 5.31. The Hall–Kier alpha value is -0.0700. The summed E-state index contributed by atoms with van der Waals surface area (Å²) in [7, 11) is 0. The molecule has 0 unspecified atom stereocenters. The summed E-state index contributed by atoms with van der Waals surface area (Å²) in [6.07, 6.45) is 9.15. The Morgan fingerprint density at radius 2 is 1.45 bits per heavy atom. The summed E-state index contributed by atoms with van der Waals surface area (Å²) in [5.41, 5.74) is 0.614. The molecule has 0 amide bonds. The zero-order chi connectivity index (χ0) is 7.73. The highest BCUT2D eigenvalue weighted by Gasteiger charge is 2.37. The maximum absolute atomic E-state index is 12.8. The van der Waals surface area contributed by atoms with E-state index < -0.39 is 6.17 Å². The molecule has 0 saturated heterocycles. The number of rotatable bonds is 0. The molecule has 0 heterocycles. The third kappa shape index (κ3) is 1.43. The van der Waals surface area contributed by atoms with Crippen molar-refractivity contribution in [3.8, 4) is 0 Å². The van der Waals surface area contributed by atoms with E-state index in [0.717, 1.165) is 12.8 Å². The molecule has 2 aliphatic carbocycles. The molecule has 2 rings (SSSR count). The summed E-state index contributed by atoms with van der Waals surface area (Å²) >= 11 is 0. The van der Waals surface area contributed by atoms with Gasteiger partial charge in [-0.15, -0.1) is 0 Å². The van der Waals surface area contributed by atoms with Crippen molar-refractivity contribution in [1.82, 2.24) is 0 Å². The predicted molar refractivity (Wildman–Crippen MR) is 44.3 cm³/mol. The molecule has 11 heavy (non-hydrogen) atoms. The first-order valence-electron chi connectivity index (χ1n) is 4.95. The van der Waals surface area contributed by atoms with Crippen LogP contribution < -0.4 is 0 Å². The van der Waals surface area contributed by atoms with Crippen molar-refractivity contribution in [3.05, 3.63) is 0 Å². The molecule has 0 aromatic heterocycles. The quantitative estimate of drug-likeness (QED) is 0.504. The second-order valence-corrected chi connectivity index (χ2v) is 4.38. The molecule has 1 spiro atoms. The molecule has 0 aromatic rings. The molecule has 2 fully saturated rings. The van der Waals surface area contributed by atoms with Gasteiger partial charge in [0.25, 0.3) is 0 Å². The maximum atomic E-state index is 12.8. The van der Waals surface area contributed by atoms with Crippen molar-refractivity contribution in [1.29, 1.82) is 0 Å². The summed E-state index contributed by atoms with van der Waals surface area (Å²) in [5, 5.41) is 0. The number of hydrogen-bond acceptors (Lipinski definition) is 0. The van der Waals surface area contributed by atoms with Crippen LogP contribution in [0, 0.1) is 5.41 Å². The van der Waals surface area contributed by atoms with Crippen molar-refractivity contribution < 1.29 is 4.39 Å². The van der Waals surface area contributed by atoms with E-state index in [2.05, 4.69) is 0 Å². The maximum Gasteiger partial charge on any atom is 0.100 e. The first kappa shape index (κ1) is 7.57. The molecule has 0 radical (unpaired) electrons. The Kier molecular flexibility index (Phi) is 1.90. The molecule has 0 N–H and O–H groups in total. The van der Waals surface area contributed by atoms with Gasteiger partial charge in [0.2, 0.25) is 0 Å². The summed E-state index contributed by atoms with van der Waals surface area (Å²) in [6.45, 7) is 0. The van der Waals surface area contributed by atoms with Crippen LogP contribution in [0.5, 0.6) is 0 Å². The average Bonchev–Trinajstić information content (AvgIpc) is 2.45. The van der Waals surface area contributed by atoms with Crippen molar-refractivity contribution >= 4 is 0 Å². The van der Waals surface area contributed by atoms with E-state index in [0.29, 0.717) is 5.41 Å². The topological polar surface area (TPSA) is 0 Å². The minimum Gasteiger partial charge on any atom is -0.247 e. The lowest BCUT2D eigenvalue weighted by atomic mass is 9.72. The highest BCUT2D eigenvalue weighted by molar-refractivity contribution is 4.89. The van der Waals surface area contributed by atoms with Crippen LogP contribution in [0.4, 0.5) is 4.39 Å². The number of halogens is 1. The second kappa shape index (κ2) is 2.76. The summed E-state index contributed by atoms with van der Waals surface area (Å²) < 4.78 is 12.8. The molecule has 2 aliphatic rings. The van der Waals surface area contributed by atoms with Gasteiger partial charge in [0.1, 0.15) is 6.17 Å². The Bertz CT molecular complexity index is 126. The van der Waals surface area contributed by atoms with Crippen LogP contribution in [-0.4, -0.2) is 6.17 Å². The van der Waals surface area contributed by atoms with Crippen LogP contribution in [0.1, 0.15) is 51.4 Å². The minimum absolute atomic E-state index is 0.471. The molecule has 0 aliphatic heterocycles. The fourth-order valence-electron chi connectivity index (χ4n) is 2.82. The van der Waals surface area contributed by atoms with Gasteiger partial charge in [0.15, 0.2) is 0 Å². The van der Waals surface area contributed by atoms with E-state index in [9.17, 15) is 4.39 Å². The largest absolute Gasteiger partial charge is 0.247 e. The lowest BCUT2D eigenvalue weighted by Gasteiger charge is -2.34. The van der Waals surface area contributed by atoms with E-state index in [1.165, 1.54) is 38.5 Å². The van der Waals surface area contributed by atoms with Gasteiger partial charge in [-0.3, -0.25) is 0 Å². The molecule has 0 bridgehead atoms. The highest BCUT2D eigenvalue weighted by atomic mass is 19.1. The fourth-order valence-corrected chi connectivity index (χ4v) is 2.82. The van der Waals surface area contributed by atoms with Crippen LogP contribution >= 0.6 is 0 Å². The normalized spacial score (nSPS) is 31.4. The van der Waals surface area contributed by atoms with Gasteiger partial charge in [-0.05, 0) is 43.9 Å². The van der Waals surface area contributed by atoms with E-state index in [-0.39, 0.29) is 0 Å². The summed E-state index contributed by atoms with van der Waals surface area (Å²) in [5.74, 6) is 0. The lowest BCUT2D eigenvalue weighted by Crippen LogP contribution is -2.24. The van der Waals surface area contributed by atoms with Crippen LogP contribution in [0.15, 0.2) is 0 Å². The smallest absolute Gasteiger partial charge is 0.100 e. The molecule has 0 aromatic carbocycles. The molecule has 0 nitrogen and oxygen atoms in total. The minimum atomic E-state index is -0.471. The molecule has 1 heteroatoms. The van der Waals surface area contributed by atoms with Crippen LogP contribution in [0.25, 0.3) is 0 Å². The highest BCUT2D eigenvalue weighted by Crippen LogP contribution is 2.49. The summed E-state index contributed by atoms with van der Waals surface area (Å²) in [6, 6.07) is 0. The third-order valence-corrected chi connectivity index (χ3v) is 3.64. The molecule has 0 atom stereocenters. The van der Waals surface area contributed by atoms with Gasteiger partial charge in [0.05, 0.1) is 0 Å². The number of alkyl halides is 1. The average molecular weight is 156 g/mol. The van der Waals surface area contributed by atoms with Crippen LogP contribution in [0.2, 0.25) is 0 Å². The SMILES string of the molecule is FC1CCC2(CCCC2)CC1. The monoisotopic (exact) mass is 156 g/mol. The van der Waals surface area contributed by atoms with E-state index in [1.807, 2.05) is 0 Å². The Morgan fingerprint density at radius 1 is 0.909 bits per heavy atom. The lowest BCUT2D eigenvalue weighted by molar-refractivity contribution is 0.126. The van der Waals surface area contributed by atoms with Crippen molar-refractivity contribution in [2.45, 2.75) is 57.5 Å².